The van der Waals surface area contributed by atoms with E-state index in [2.05, 4.69) is 30.5 Å². The summed E-state index contributed by atoms with van der Waals surface area (Å²) in [6, 6.07) is 10.7. The second-order valence-electron chi connectivity index (χ2n) is 9.31. The number of carbonyl (C=O) groups excluding carboxylic acids is 2. The van der Waals surface area contributed by atoms with Gasteiger partial charge in [-0.1, -0.05) is 45.0 Å². The maximum absolute atomic E-state index is 13.5. The lowest BCUT2D eigenvalue weighted by atomic mass is 9.90. The van der Waals surface area contributed by atoms with E-state index in [1.54, 1.807) is 11.3 Å². The maximum atomic E-state index is 13.5. The van der Waals surface area contributed by atoms with Crippen LogP contribution in [0.5, 0.6) is 0 Å². The minimum Gasteiger partial charge on any atom is -0.330 e. The van der Waals surface area contributed by atoms with E-state index in [9.17, 15) is 9.59 Å². The van der Waals surface area contributed by atoms with Gasteiger partial charge in [-0.25, -0.2) is 0 Å². The van der Waals surface area contributed by atoms with Crippen LogP contribution in [0, 0.1) is 12.3 Å². The van der Waals surface area contributed by atoms with Crippen LogP contribution in [0.15, 0.2) is 35.7 Å². The first-order valence-electron chi connectivity index (χ1n) is 10.5. The lowest BCUT2D eigenvalue weighted by Crippen LogP contribution is -2.49. The lowest BCUT2D eigenvalue weighted by Gasteiger charge is -2.39. The number of carbonyl (C=O) groups is 2. The molecule has 1 fully saturated rings. The van der Waals surface area contributed by atoms with Crippen molar-refractivity contribution in [2.75, 3.05) is 13.1 Å². The highest BCUT2D eigenvalue weighted by Crippen LogP contribution is 2.39. The summed E-state index contributed by atoms with van der Waals surface area (Å²) in [5, 5.41) is 2.13. The van der Waals surface area contributed by atoms with Crippen LogP contribution >= 0.6 is 11.3 Å². The van der Waals surface area contributed by atoms with Crippen molar-refractivity contribution in [3.63, 3.8) is 0 Å². The van der Waals surface area contributed by atoms with E-state index >= 15 is 0 Å². The zero-order valence-electron chi connectivity index (χ0n) is 17.8. The molecule has 2 heterocycles. The molecule has 0 N–H and O–H groups in total. The van der Waals surface area contributed by atoms with E-state index in [1.807, 2.05) is 42.7 Å². The highest BCUT2D eigenvalue weighted by molar-refractivity contribution is 7.10. The molecule has 1 aliphatic carbocycles. The lowest BCUT2D eigenvalue weighted by molar-refractivity contribution is -0.147. The van der Waals surface area contributed by atoms with Gasteiger partial charge in [-0.2, -0.15) is 0 Å². The van der Waals surface area contributed by atoms with Crippen LogP contribution in [0.2, 0.25) is 0 Å². The van der Waals surface area contributed by atoms with E-state index < -0.39 is 5.41 Å². The number of aryl methyl sites for hydroxylation is 1. The quantitative estimate of drug-likeness (QED) is 0.741. The van der Waals surface area contributed by atoms with Crippen molar-refractivity contribution < 1.29 is 9.59 Å². The Morgan fingerprint density at radius 3 is 2.52 bits per heavy atom. The summed E-state index contributed by atoms with van der Waals surface area (Å²) in [6.07, 6.45) is 2.90. The van der Waals surface area contributed by atoms with Gasteiger partial charge in [0.25, 0.3) is 0 Å². The predicted octanol–water partition coefficient (Wildman–Crippen LogP) is 4.57. The van der Waals surface area contributed by atoms with Gasteiger partial charge in [0.05, 0.1) is 6.04 Å². The second-order valence-corrected chi connectivity index (χ2v) is 10.3. The third kappa shape index (κ3) is 3.97. The van der Waals surface area contributed by atoms with Gasteiger partial charge in [0, 0.05) is 22.9 Å². The van der Waals surface area contributed by atoms with Crippen molar-refractivity contribution in [2.24, 2.45) is 5.41 Å². The Kier molecular flexibility index (Phi) is 5.28. The molecule has 1 atom stereocenters. The first-order chi connectivity index (χ1) is 13.8. The van der Waals surface area contributed by atoms with E-state index in [1.165, 1.54) is 21.6 Å². The number of hydrogen-bond donors (Lipinski definition) is 0. The molecule has 0 radical (unpaired) electrons. The van der Waals surface area contributed by atoms with Crippen molar-refractivity contribution >= 4 is 23.2 Å². The summed E-state index contributed by atoms with van der Waals surface area (Å²) in [5.41, 5.74) is 3.14. The number of nitrogens with zero attached hydrogens (tertiary/aromatic N) is 2. The smallest absolute Gasteiger partial charge is 0.243 e. The fraction of sp³-hybridized carbons (Fsp3) is 0.500. The molecule has 1 aliphatic heterocycles. The number of thiophene rings is 1. The molecule has 0 unspecified atom stereocenters. The van der Waals surface area contributed by atoms with Crippen molar-refractivity contribution in [3.05, 3.63) is 57.3 Å². The molecule has 0 spiro atoms. The Labute approximate surface area is 177 Å². The van der Waals surface area contributed by atoms with E-state index in [4.69, 9.17) is 0 Å². The third-order valence-corrected chi connectivity index (χ3v) is 6.96. The Hall–Kier alpha value is -2.14. The molecule has 4 nitrogen and oxygen atoms in total. The molecule has 0 bridgehead atoms. The first kappa shape index (κ1) is 20.1. The first-order valence-corrected chi connectivity index (χ1v) is 11.4. The fourth-order valence-corrected chi connectivity index (χ4v) is 5.14. The molecule has 4 rings (SSSR count). The fourth-order valence-electron chi connectivity index (χ4n) is 4.23. The Balaban J connectivity index is 1.65. The van der Waals surface area contributed by atoms with Crippen LogP contribution in [0.25, 0.3) is 0 Å². The molecule has 1 aromatic carbocycles. The van der Waals surface area contributed by atoms with Gasteiger partial charge in [-0.05, 0) is 54.3 Å². The van der Waals surface area contributed by atoms with Crippen molar-refractivity contribution in [1.82, 2.24) is 9.80 Å². The Morgan fingerprint density at radius 2 is 1.86 bits per heavy atom. The molecule has 154 valence electrons. The zero-order chi connectivity index (χ0) is 20.8. The average Bonchev–Trinajstić information content (AvgIpc) is 3.40. The summed E-state index contributed by atoms with van der Waals surface area (Å²) in [4.78, 5) is 31.7. The van der Waals surface area contributed by atoms with Crippen molar-refractivity contribution in [3.8, 4) is 0 Å². The normalized spacial score (nSPS) is 19.0. The summed E-state index contributed by atoms with van der Waals surface area (Å²) < 4.78 is 0. The van der Waals surface area contributed by atoms with E-state index in [-0.39, 0.29) is 30.4 Å². The number of rotatable bonds is 4. The summed E-state index contributed by atoms with van der Waals surface area (Å²) >= 11 is 1.78. The summed E-state index contributed by atoms with van der Waals surface area (Å²) in [7, 11) is 0. The topological polar surface area (TPSA) is 40.6 Å². The Bertz CT molecular complexity index is 923. The molecule has 1 saturated carbocycles. The third-order valence-electron chi connectivity index (χ3n) is 5.97. The standard InChI is InChI=1S/C24H30N2O2S/c1-16-7-5-6-8-18(16)22-19-12-14-29-20(19)11-13-25(22)21(27)15-26(17-9-10-17)23(28)24(2,3)4/h5-8,12,14,17,22H,9-11,13,15H2,1-4H3/t22-/m1/s1. The van der Waals surface area contributed by atoms with Crippen molar-refractivity contribution in [1.29, 1.82) is 0 Å². The number of fused-ring (bicyclic) bond motifs is 1. The molecular weight excluding hydrogens is 380 g/mol. The summed E-state index contributed by atoms with van der Waals surface area (Å²) in [5.74, 6) is 0.133. The maximum Gasteiger partial charge on any atom is 0.243 e. The van der Waals surface area contributed by atoms with Crippen LogP contribution in [0.4, 0.5) is 0 Å². The largest absolute Gasteiger partial charge is 0.330 e. The number of amides is 2. The minimum atomic E-state index is -0.472. The van der Waals surface area contributed by atoms with E-state index in [0.717, 1.165) is 19.3 Å². The van der Waals surface area contributed by atoms with Crippen LogP contribution in [-0.2, 0) is 16.0 Å². The molecule has 2 aromatic rings. The van der Waals surface area contributed by atoms with Gasteiger partial charge in [0.1, 0.15) is 6.54 Å². The van der Waals surface area contributed by atoms with Crippen LogP contribution in [0.1, 0.15) is 61.2 Å². The molecule has 2 amide bonds. The van der Waals surface area contributed by atoms with Crippen molar-refractivity contribution in [2.45, 2.75) is 59.0 Å². The Morgan fingerprint density at radius 1 is 1.14 bits per heavy atom. The van der Waals surface area contributed by atoms with Gasteiger partial charge in [0.2, 0.25) is 11.8 Å². The summed E-state index contributed by atoms with van der Waals surface area (Å²) in [6.45, 7) is 8.80. The van der Waals surface area contributed by atoms with Crippen LogP contribution in [0.3, 0.4) is 0 Å². The van der Waals surface area contributed by atoms with Gasteiger partial charge < -0.3 is 9.80 Å². The second kappa shape index (κ2) is 7.60. The number of benzene rings is 1. The van der Waals surface area contributed by atoms with Gasteiger partial charge in [-0.3, -0.25) is 9.59 Å². The molecule has 2 aliphatic rings. The SMILES string of the molecule is Cc1ccccc1[C@@H]1c2ccsc2CCN1C(=O)CN(C(=O)C(C)(C)C)C1CC1. The highest BCUT2D eigenvalue weighted by Gasteiger charge is 2.41. The van der Waals surface area contributed by atoms with Gasteiger partial charge in [0.15, 0.2) is 0 Å². The molecule has 1 aromatic heterocycles. The van der Waals surface area contributed by atoms with Gasteiger partial charge >= 0.3 is 0 Å². The molecule has 5 heteroatoms. The zero-order valence-corrected chi connectivity index (χ0v) is 18.6. The average molecular weight is 411 g/mol. The van der Waals surface area contributed by atoms with Crippen LogP contribution < -0.4 is 0 Å². The minimum absolute atomic E-state index is 0.0552. The molecule has 29 heavy (non-hydrogen) atoms. The monoisotopic (exact) mass is 410 g/mol. The molecule has 0 saturated heterocycles. The van der Waals surface area contributed by atoms with Gasteiger partial charge in [-0.15, -0.1) is 11.3 Å². The van der Waals surface area contributed by atoms with E-state index in [0.29, 0.717) is 6.54 Å². The highest BCUT2D eigenvalue weighted by atomic mass is 32.1. The number of hydrogen-bond acceptors (Lipinski definition) is 3. The predicted molar refractivity (Wildman–Crippen MR) is 117 cm³/mol. The van der Waals surface area contributed by atoms with Crippen LogP contribution in [-0.4, -0.2) is 40.7 Å². The molecular formula is C24H30N2O2S.